The second kappa shape index (κ2) is 6.63. The van der Waals surface area contributed by atoms with Crippen molar-refractivity contribution in [2.75, 3.05) is 11.9 Å². The summed E-state index contributed by atoms with van der Waals surface area (Å²) in [5, 5.41) is 3.93. The van der Waals surface area contributed by atoms with Crippen molar-refractivity contribution in [3.05, 3.63) is 48.7 Å². The largest absolute Gasteiger partial charge is 0.451 e. The van der Waals surface area contributed by atoms with Gasteiger partial charge in [-0.1, -0.05) is 11.6 Å². The fourth-order valence-electron chi connectivity index (χ4n) is 1.57. The molecule has 1 unspecified atom stereocenters. The SMILES string of the molecule is NCC(Nc1ccc(Br)c(Cl)c1)c1cc(Br)c(Br)o1. The van der Waals surface area contributed by atoms with Crippen molar-refractivity contribution >= 4 is 65.1 Å². The summed E-state index contributed by atoms with van der Waals surface area (Å²) in [4.78, 5) is 0. The highest BCUT2D eigenvalue weighted by molar-refractivity contribution is 9.13. The van der Waals surface area contributed by atoms with Gasteiger partial charge in [-0.15, -0.1) is 0 Å². The Bertz CT molecular complexity index is 569. The zero-order valence-electron chi connectivity index (χ0n) is 9.59. The molecule has 0 aliphatic carbocycles. The number of nitrogens with one attached hydrogen (secondary N) is 1. The van der Waals surface area contributed by atoms with E-state index in [1.165, 1.54) is 0 Å². The lowest BCUT2D eigenvalue weighted by molar-refractivity contribution is 0.462. The highest BCUT2D eigenvalue weighted by atomic mass is 79.9. The Labute approximate surface area is 141 Å². The van der Waals surface area contributed by atoms with E-state index < -0.39 is 0 Å². The van der Waals surface area contributed by atoms with Gasteiger partial charge < -0.3 is 15.5 Å². The van der Waals surface area contributed by atoms with E-state index in [-0.39, 0.29) is 6.04 Å². The average Bonchev–Trinajstić information content (AvgIpc) is 2.71. The lowest BCUT2D eigenvalue weighted by Gasteiger charge is -2.16. The van der Waals surface area contributed by atoms with Crippen LogP contribution in [0.15, 0.2) is 42.3 Å². The molecule has 0 amide bonds. The van der Waals surface area contributed by atoms with Crippen molar-refractivity contribution in [1.82, 2.24) is 0 Å². The fourth-order valence-corrected chi connectivity index (χ4v) is 2.60. The minimum absolute atomic E-state index is 0.125. The van der Waals surface area contributed by atoms with Crippen molar-refractivity contribution in [2.45, 2.75) is 6.04 Å². The first-order chi connectivity index (χ1) is 9.01. The molecule has 7 heteroatoms. The van der Waals surface area contributed by atoms with Crippen LogP contribution in [0.5, 0.6) is 0 Å². The Morgan fingerprint density at radius 1 is 1.21 bits per heavy atom. The van der Waals surface area contributed by atoms with Gasteiger partial charge >= 0.3 is 0 Å². The minimum Gasteiger partial charge on any atom is -0.451 e. The van der Waals surface area contributed by atoms with Crippen LogP contribution in [0.2, 0.25) is 5.02 Å². The number of benzene rings is 1. The van der Waals surface area contributed by atoms with Gasteiger partial charge in [0.15, 0.2) is 4.67 Å². The van der Waals surface area contributed by atoms with Crippen LogP contribution in [0, 0.1) is 0 Å². The Morgan fingerprint density at radius 2 is 1.95 bits per heavy atom. The molecule has 1 heterocycles. The van der Waals surface area contributed by atoms with Crippen molar-refractivity contribution in [3.8, 4) is 0 Å². The maximum atomic E-state index is 6.06. The highest BCUT2D eigenvalue weighted by Crippen LogP contribution is 2.32. The van der Waals surface area contributed by atoms with Crippen LogP contribution in [0.1, 0.15) is 11.8 Å². The van der Waals surface area contributed by atoms with Crippen molar-refractivity contribution < 1.29 is 4.42 Å². The third-order valence-electron chi connectivity index (χ3n) is 2.50. The predicted octanol–water partition coefficient (Wildman–Crippen LogP) is 5.33. The van der Waals surface area contributed by atoms with Crippen LogP contribution in [-0.4, -0.2) is 6.54 Å². The molecular formula is C12H10Br3ClN2O. The molecule has 2 rings (SSSR count). The Morgan fingerprint density at radius 3 is 2.47 bits per heavy atom. The molecule has 19 heavy (non-hydrogen) atoms. The first-order valence-corrected chi connectivity index (χ1v) is 8.13. The van der Waals surface area contributed by atoms with Gasteiger partial charge in [-0.05, 0) is 72.1 Å². The van der Waals surface area contributed by atoms with Gasteiger partial charge in [-0.2, -0.15) is 0 Å². The zero-order valence-corrected chi connectivity index (χ0v) is 15.1. The predicted molar refractivity (Wildman–Crippen MR) is 88.7 cm³/mol. The summed E-state index contributed by atoms with van der Waals surface area (Å²) >= 11 is 16.1. The van der Waals surface area contributed by atoms with E-state index in [4.69, 9.17) is 21.8 Å². The number of rotatable bonds is 4. The van der Waals surface area contributed by atoms with Crippen molar-refractivity contribution in [3.63, 3.8) is 0 Å². The second-order valence-corrected chi connectivity index (χ2v) is 6.67. The highest BCUT2D eigenvalue weighted by Gasteiger charge is 2.16. The molecule has 3 N–H and O–H groups in total. The van der Waals surface area contributed by atoms with E-state index in [9.17, 15) is 0 Å². The van der Waals surface area contributed by atoms with Crippen LogP contribution in [0.4, 0.5) is 5.69 Å². The standard InChI is InChI=1S/C12H10Br3ClN2O/c13-7-2-1-6(3-9(7)16)18-10(5-17)11-4-8(14)12(15)19-11/h1-4,10,18H,5,17H2. The minimum atomic E-state index is -0.125. The molecule has 0 aliphatic heterocycles. The van der Waals surface area contributed by atoms with Crippen LogP contribution in [0.25, 0.3) is 0 Å². The smallest absolute Gasteiger partial charge is 0.183 e. The molecule has 0 spiro atoms. The van der Waals surface area contributed by atoms with Gasteiger partial charge in [0, 0.05) is 16.7 Å². The Kier molecular flexibility index (Phi) is 5.37. The molecule has 102 valence electrons. The molecule has 0 saturated carbocycles. The van der Waals surface area contributed by atoms with E-state index in [1.807, 2.05) is 24.3 Å². The first kappa shape index (κ1) is 15.4. The van der Waals surface area contributed by atoms with Gasteiger partial charge in [-0.25, -0.2) is 0 Å². The molecule has 0 radical (unpaired) electrons. The molecule has 0 saturated heterocycles. The van der Waals surface area contributed by atoms with Gasteiger partial charge in [-0.3, -0.25) is 0 Å². The Balaban J connectivity index is 2.21. The van der Waals surface area contributed by atoms with Crippen molar-refractivity contribution in [1.29, 1.82) is 0 Å². The molecule has 0 aliphatic rings. The second-order valence-electron chi connectivity index (χ2n) is 3.83. The molecule has 2 aromatic rings. The molecule has 3 nitrogen and oxygen atoms in total. The van der Waals surface area contributed by atoms with Crippen LogP contribution < -0.4 is 11.1 Å². The fraction of sp³-hybridized carbons (Fsp3) is 0.167. The summed E-state index contributed by atoms with van der Waals surface area (Å²) < 4.78 is 7.94. The number of hydrogen-bond acceptors (Lipinski definition) is 3. The average molecular weight is 473 g/mol. The maximum Gasteiger partial charge on any atom is 0.183 e. The molecule has 1 aromatic carbocycles. The number of furan rings is 1. The third kappa shape index (κ3) is 3.76. The summed E-state index contributed by atoms with van der Waals surface area (Å²) in [6.45, 7) is 0.403. The number of nitrogens with two attached hydrogens (primary N) is 1. The molecule has 1 aromatic heterocycles. The van der Waals surface area contributed by atoms with Crippen molar-refractivity contribution in [2.24, 2.45) is 5.73 Å². The summed E-state index contributed by atoms with van der Waals surface area (Å²) in [6, 6.07) is 7.40. The van der Waals surface area contributed by atoms with E-state index in [1.54, 1.807) is 0 Å². The summed E-state index contributed by atoms with van der Waals surface area (Å²) in [5.41, 5.74) is 6.67. The van der Waals surface area contributed by atoms with Gasteiger partial charge in [0.1, 0.15) is 5.76 Å². The van der Waals surface area contributed by atoms with E-state index >= 15 is 0 Å². The van der Waals surface area contributed by atoms with Gasteiger partial charge in [0.2, 0.25) is 0 Å². The van der Waals surface area contributed by atoms with E-state index in [0.29, 0.717) is 16.2 Å². The Hall–Kier alpha value is -0.0100. The van der Waals surface area contributed by atoms with E-state index in [2.05, 4.69) is 53.1 Å². The molecule has 0 bridgehead atoms. The van der Waals surface area contributed by atoms with Gasteiger partial charge in [0.05, 0.1) is 15.5 Å². The van der Waals surface area contributed by atoms with Crippen LogP contribution in [-0.2, 0) is 0 Å². The lowest BCUT2D eigenvalue weighted by atomic mass is 10.2. The summed E-state index contributed by atoms with van der Waals surface area (Å²) in [5.74, 6) is 0.750. The number of anilines is 1. The first-order valence-electron chi connectivity index (χ1n) is 5.37. The number of hydrogen-bond donors (Lipinski definition) is 2. The molecular weight excluding hydrogens is 463 g/mol. The third-order valence-corrected chi connectivity index (χ3v) is 5.45. The van der Waals surface area contributed by atoms with Crippen LogP contribution in [0.3, 0.4) is 0 Å². The maximum absolute atomic E-state index is 6.06. The molecule has 0 fully saturated rings. The number of halogens is 4. The zero-order chi connectivity index (χ0) is 14.0. The molecule has 1 atom stereocenters. The van der Waals surface area contributed by atoms with Crippen LogP contribution >= 0.6 is 59.4 Å². The van der Waals surface area contributed by atoms with E-state index in [0.717, 1.165) is 20.4 Å². The normalized spacial score (nSPS) is 12.5. The summed E-state index contributed by atoms with van der Waals surface area (Å²) in [6.07, 6.45) is 0. The monoisotopic (exact) mass is 470 g/mol. The summed E-state index contributed by atoms with van der Waals surface area (Å²) in [7, 11) is 0. The lowest BCUT2D eigenvalue weighted by Crippen LogP contribution is -2.20. The quantitative estimate of drug-likeness (QED) is 0.631. The topological polar surface area (TPSA) is 51.2 Å². The van der Waals surface area contributed by atoms with Gasteiger partial charge in [0.25, 0.3) is 0 Å².